The van der Waals surface area contributed by atoms with E-state index in [1.54, 1.807) is 18.2 Å². The summed E-state index contributed by atoms with van der Waals surface area (Å²) in [5.41, 5.74) is 7.87. The van der Waals surface area contributed by atoms with Crippen LogP contribution < -0.4 is 20.3 Å². The highest BCUT2D eigenvalue weighted by molar-refractivity contribution is 6.47. The van der Waals surface area contributed by atoms with Gasteiger partial charge in [0.25, 0.3) is 5.91 Å². The molecule has 2 aromatic rings. The van der Waals surface area contributed by atoms with Gasteiger partial charge in [-0.1, -0.05) is 20.8 Å². The van der Waals surface area contributed by atoms with Crippen molar-refractivity contribution in [2.45, 2.75) is 26.7 Å². The van der Waals surface area contributed by atoms with Crippen LogP contribution in [-0.2, 0) is 4.79 Å². The normalized spacial score (nSPS) is 14.2. The van der Waals surface area contributed by atoms with Crippen LogP contribution in [0, 0.1) is 10.8 Å². The number of anilines is 2. The van der Waals surface area contributed by atoms with E-state index in [9.17, 15) is 9.90 Å². The second-order valence-electron chi connectivity index (χ2n) is 8.60. The number of primary amides is 1. The molecule has 182 valence electrons. The summed E-state index contributed by atoms with van der Waals surface area (Å²) >= 11 is 0. The SMILES string of the molecule is CCN1CCN(c2ccc(N(C(=N)C(N)=O)C(=N)c3cc(C(C)C)c(OC)cc3O)cc2)CC1. The molecule has 5 N–H and O–H groups in total. The van der Waals surface area contributed by atoms with Crippen LogP contribution in [0.3, 0.4) is 0 Å². The van der Waals surface area contributed by atoms with Crippen LogP contribution in [0.15, 0.2) is 36.4 Å². The van der Waals surface area contributed by atoms with E-state index in [1.807, 2.05) is 26.0 Å². The molecule has 1 aliphatic heterocycles. The summed E-state index contributed by atoms with van der Waals surface area (Å²) in [6.45, 7) is 11.0. The number of carbonyl (C=O) groups excluding carboxylic acids is 1. The van der Waals surface area contributed by atoms with Crippen molar-refractivity contribution in [3.05, 3.63) is 47.5 Å². The van der Waals surface area contributed by atoms with Crippen LogP contribution in [0.4, 0.5) is 11.4 Å². The number of hydrogen-bond acceptors (Lipinski definition) is 7. The lowest BCUT2D eigenvalue weighted by Gasteiger charge is -2.35. The Balaban J connectivity index is 1.95. The number of nitrogens with zero attached hydrogens (tertiary/aromatic N) is 3. The third-order valence-electron chi connectivity index (χ3n) is 6.20. The van der Waals surface area contributed by atoms with E-state index < -0.39 is 11.7 Å². The molecule has 1 amide bonds. The molecular weight excluding hydrogens is 432 g/mol. The predicted octanol–water partition coefficient (Wildman–Crippen LogP) is 2.96. The Labute approximate surface area is 200 Å². The van der Waals surface area contributed by atoms with E-state index in [0.29, 0.717) is 11.4 Å². The second kappa shape index (κ2) is 10.6. The maximum atomic E-state index is 11.9. The number of likely N-dealkylation sites (N-methyl/N-ethyl adjacent to an activating group) is 1. The first-order chi connectivity index (χ1) is 16.2. The topological polar surface area (TPSA) is 130 Å². The maximum absolute atomic E-state index is 11.9. The van der Waals surface area contributed by atoms with Crippen molar-refractivity contribution in [1.29, 1.82) is 10.8 Å². The van der Waals surface area contributed by atoms with Gasteiger partial charge in [0, 0.05) is 43.6 Å². The summed E-state index contributed by atoms with van der Waals surface area (Å²) in [7, 11) is 1.52. The lowest BCUT2D eigenvalue weighted by atomic mass is 9.98. The molecule has 1 fully saturated rings. The van der Waals surface area contributed by atoms with E-state index in [2.05, 4.69) is 16.7 Å². The number of aromatic hydroxyl groups is 1. The zero-order chi connectivity index (χ0) is 25.0. The van der Waals surface area contributed by atoms with Gasteiger partial charge in [0.2, 0.25) is 0 Å². The van der Waals surface area contributed by atoms with Crippen molar-refractivity contribution < 1.29 is 14.6 Å². The number of rotatable bonds is 6. The number of piperazine rings is 1. The lowest BCUT2D eigenvalue weighted by Crippen LogP contribution is -2.46. The number of methoxy groups -OCH3 is 1. The zero-order valence-electron chi connectivity index (χ0n) is 20.3. The van der Waals surface area contributed by atoms with E-state index in [4.69, 9.17) is 21.3 Å². The average Bonchev–Trinajstić information content (AvgIpc) is 2.84. The molecule has 3 rings (SSSR count). The van der Waals surface area contributed by atoms with E-state index >= 15 is 0 Å². The van der Waals surface area contributed by atoms with Gasteiger partial charge < -0.3 is 25.4 Å². The van der Waals surface area contributed by atoms with E-state index in [-0.39, 0.29) is 23.1 Å². The minimum Gasteiger partial charge on any atom is -0.507 e. The number of phenolic OH excluding ortho intramolecular Hbond substituents is 1. The Kier molecular flexibility index (Phi) is 7.78. The van der Waals surface area contributed by atoms with Crippen molar-refractivity contribution in [3.63, 3.8) is 0 Å². The van der Waals surface area contributed by atoms with Crippen LogP contribution in [0.25, 0.3) is 0 Å². The molecule has 0 saturated carbocycles. The molecular formula is C25H34N6O3. The van der Waals surface area contributed by atoms with Crippen molar-refractivity contribution in [2.75, 3.05) is 49.6 Å². The molecule has 1 aliphatic rings. The fraction of sp³-hybridized carbons (Fsp3) is 0.400. The molecule has 0 aromatic heterocycles. The van der Waals surface area contributed by atoms with Crippen LogP contribution in [0.2, 0.25) is 0 Å². The molecule has 0 spiro atoms. The predicted molar refractivity (Wildman–Crippen MR) is 136 cm³/mol. The Hall–Kier alpha value is -3.59. The third-order valence-corrected chi connectivity index (χ3v) is 6.20. The molecule has 0 unspecified atom stereocenters. The van der Waals surface area contributed by atoms with Gasteiger partial charge in [0.15, 0.2) is 5.84 Å². The van der Waals surface area contributed by atoms with E-state index in [1.165, 1.54) is 13.2 Å². The highest BCUT2D eigenvalue weighted by Crippen LogP contribution is 2.34. The van der Waals surface area contributed by atoms with Crippen molar-refractivity contribution in [2.24, 2.45) is 5.73 Å². The first kappa shape index (κ1) is 25.0. The summed E-state index contributed by atoms with van der Waals surface area (Å²) in [4.78, 5) is 17.8. The zero-order valence-corrected chi connectivity index (χ0v) is 20.3. The second-order valence-corrected chi connectivity index (χ2v) is 8.60. The van der Waals surface area contributed by atoms with Gasteiger partial charge >= 0.3 is 0 Å². The molecule has 2 aromatic carbocycles. The molecule has 0 atom stereocenters. The van der Waals surface area contributed by atoms with Crippen LogP contribution >= 0.6 is 0 Å². The molecule has 0 aliphatic carbocycles. The fourth-order valence-electron chi connectivity index (χ4n) is 4.14. The van der Waals surface area contributed by atoms with Crippen molar-refractivity contribution in [1.82, 2.24) is 4.90 Å². The summed E-state index contributed by atoms with van der Waals surface area (Å²) in [5.74, 6) is -1.36. The molecule has 34 heavy (non-hydrogen) atoms. The van der Waals surface area contributed by atoms with Gasteiger partial charge in [-0.25, -0.2) is 0 Å². The summed E-state index contributed by atoms with van der Waals surface area (Å²) < 4.78 is 5.37. The Morgan fingerprint density at radius 3 is 2.26 bits per heavy atom. The lowest BCUT2D eigenvalue weighted by molar-refractivity contribution is -0.112. The van der Waals surface area contributed by atoms with Crippen LogP contribution in [0.5, 0.6) is 11.5 Å². The van der Waals surface area contributed by atoms with Crippen molar-refractivity contribution >= 4 is 29.0 Å². The Morgan fingerprint density at radius 2 is 1.76 bits per heavy atom. The third kappa shape index (κ3) is 5.14. The summed E-state index contributed by atoms with van der Waals surface area (Å²) in [6.07, 6.45) is 0. The van der Waals surface area contributed by atoms with Gasteiger partial charge in [-0.05, 0) is 48.4 Å². The number of nitrogens with one attached hydrogen (secondary N) is 2. The first-order valence-electron chi connectivity index (χ1n) is 11.4. The molecule has 1 heterocycles. The van der Waals surface area contributed by atoms with E-state index in [0.717, 1.165) is 48.9 Å². The minimum atomic E-state index is -0.971. The number of amides is 1. The monoisotopic (exact) mass is 466 g/mol. The number of benzene rings is 2. The Bertz CT molecular complexity index is 1060. The van der Waals surface area contributed by atoms with Gasteiger partial charge in [0.05, 0.1) is 12.7 Å². The average molecular weight is 467 g/mol. The molecule has 9 heteroatoms. The standard InChI is InChI=1S/C25H34N6O3/c1-5-29-10-12-30(13-11-29)17-6-8-18(9-7-17)31(24(27)25(28)33)23(26)20-14-19(16(2)3)22(34-4)15-21(20)32/h6-9,14-16,26-27,32H,5,10-13H2,1-4H3,(H2,28,33). The minimum absolute atomic E-state index is 0.0681. The quantitative estimate of drug-likeness (QED) is 0.383. The Morgan fingerprint density at radius 1 is 1.15 bits per heavy atom. The highest BCUT2D eigenvalue weighted by Gasteiger charge is 2.26. The van der Waals surface area contributed by atoms with Gasteiger partial charge in [-0.2, -0.15) is 0 Å². The number of phenols is 1. The molecule has 0 radical (unpaired) electrons. The number of carbonyl (C=O) groups is 1. The summed E-state index contributed by atoms with van der Waals surface area (Å²) in [6, 6.07) is 10.5. The number of nitrogens with two attached hydrogens (primary N) is 1. The largest absolute Gasteiger partial charge is 0.507 e. The smallest absolute Gasteiger partial charge is 0.284 e. The van der Waals surface area contributed by atoms with Gasteiger partial charge in [-0.15, -0.1) is 0 Å². The maximum Gasteiger partial charge on any atom is 0.284 e. The molecule has 9 nitrogen and oxygen atoms in total. The number of hydrogen-bond donors (Lipinski definition) is 4. The molecule has 1 saturated heterocycles. The summed E-state index contributed by atoms with van der Waals surface area (Å²) in [5, 5.41) is 27.7. The first-order valence-corrected chi connectivity index (χ1v) is 11.4. The van der Waals surface area contributed by atoms with Crippen molar-refractivity contribution in [3.8, 4) is 11.5 Å². The fourth-order valence-corrected chi connectivity index (χ4v) is 4.14. The van der Waals surface area contributed by atoms with Crippen LogP contribution in [-0.4, -0.2) is 67.4 Å². The molecule has 0 bridgehead atoms. The van der Waals surface area contributed by atoms with Gasteiger partial charge in [-0.3, -0.25) is 20.5 Å². The van der Waals surface area contributed by atoms with Gasteiger partial charge in [0.1, 0.15) is 17.3 Å². The number of amidine groups is 2. The number of ether oxygens (including phenoxy) is 1. The van der Waals surface area contributed by atoms with Crippen LogP contribution in [0.1, 0.15) is 37.8 Å². The highest BCUT2D eigenvalue weighted by atomic mass is 16.5.